The topological polar surface area (TPSA) is 91.9 Å². The highest BCUT2D eigenvalue weighted by Crippen LogP contribution is 2.35. The minimum atomic E-state index is -0.807. The number of nitrogens with zero attached hydrogens (tertiary/aromatic N) is 4. The van der Waals surface area contributed by atoms with Crippen LogP contribution >= 0.6 is 0 Å². The zero-order chi connectivity index (χ0) is 9.19. The molecule has 1 aliphatic rings. The van der Waals surface area contributed by atoms with E-state index in [1.807, 2.05) is 0 Å². The Morgan fingerprint density at radius 3 is 3.00 bits per heavy atom. The third kappa shape index (κ3) is 1.33. The summed E-state index contributed by atoms with van der Waals surface area (Å²) in [5.41, 5.74) is 7.42. The van der Waals surface area contributed by atoms with E-state index in [1.165, 1.54) is 0 Å². The SMILES string of the molecule is CC1(N=[N+]=[N-])CCCC1[N+](=O)[O-]. The van der Waals surface area contributed by atoms with Gasteiger partial charge in [-0.1, -0.05) is 5.11 Å². The molecule has 0 aliphatic heterocycles. The summed E-state index contributed by atoms with van der Waals surface area (Å²) < 4.78 is 0. The van der Waals surface area contributed by atoms with Gasteiger partial charge in [-0.05, 0) is 25.3 Å². The van der Waals surface area contributed by atoms with Crippen molar-refractivity contribution >= 4 is 0 Å². The van der Waals surface area contributed by atoms with Gasteiger partial charge in [0.15, 0.2) is 0 Å². The fraction of sp³-hybridized carbons (Fsp3) is 1.00. The molecule has 1 aliphatic carbocycles. The average Bonchev–Trinajstić information content (AvgIpc) is 2.32. The quantitative estimate of drug-likeness (QED) is 0.208. The van der Waals surface area contributed by atoms with Crippen LogP contribution in [0, 0.1) is 10.1 Å². The Balaban J connectivity index is 2.88. The van der Waals surface area contributed by atoms with Crippen LogP contribution in [0.25, 0.3) is 10.4 Å². The summed E-state index contributed by atoms with van der Waals surface area (Å²) in [4.78, 5) is 12.8. The standard InChI is InChI=1S/C6H10N4O2/c1-6(8-9-7)4-2-3-5(6)10(11)12/h5H,2-4H2,1H3. The van der Waals surface area contributed by atoms with E-state index >= 15 is 0 Å². The van der Waals surface area contributed by atoms with Gasteiger partial charge in [0.25, 0.3) is 0 Å². The molecule has 0 aromatic carbocycles. The highest BCUT2D eigenvalue weighted by Gasteiger charge is 2.46. The number of hydrogen-bond donors (Lipinski definition) is 0. The molecule has 2 unspecified atom stereocenters. The fourth-order valence-corrected chi connectivity index (χ4v) is 1.68. The molecule has 0 radical (unpaired) electrons. The Labute approximate surface area is 69.3 Å². The van der Waals surface area contributed by atoms with Gasteiger partial charge in [-0.15, -0.1) is 0 Å². The normalized spacial score (nSPS) is 34.2. The lowest BCUT2D eigenvalue weighted by Crippen LogP contribution is -2.37. The van der Waals surface area contributed by atoms with E-state index in [0.29, 0.717) is 12.8 Å². The maximum atomic E-state index is 10.5. The Bertz CT molecular complexity index is 248. The van der Waals surface area contributed by atoms with Crippen molar-refractivity contribution in [1.29, 1.82) is 0 Å². The van der Waals surface area contributed by atoms with E-state index in [9.17, 15) is 10.1 Å². The van der Waals surface area contributed by atoms with E-state index in [0.717, 1.165) is 6.42 Å². The molecule has 0 amide bonds. The van der Waals surface area contributed by atoms with Gasteiger partial charge < -0.3 is 0 Å². The molecule has 0 aromatic rings. The average molecular weight is 170 g/mol. The highest BCUT2D eigenvalue weighted by atomic mass is 16.6. The largest absolute Gasteiger partial charge is 0.264 e. The molecule has 66 valence electrons. The molecule has 1 saturated carbocycles. The van der Waals surface area contributed by atoms with E-state index < -0.39 is 11.6 Å². The number of rotatable bonds is 2. The van der Waals surface area contributed by atoms with Crippen LogP contribution in [0.3, 0.4) is 0 Å². The van der Waals surface area contributed by atoms with Gasteiger partial charge in [-0.2, -0.15) is 0 Å². The van der Waals surface area contributed by atoms with Crippen LogP contribution in [0.15, 0.2) is 5.11 Å². The van der Waals surface area contributed by atoms with E-state index in [1.54, 1.807) is 6.92 Å². The first-order valence-electron chi connectivity index (χ1n) is 3.80. The van der Waals surface area contributed by atoms with Gasteiger partial charge in [-0.3, -0.25) is 10.1 Å². The first kappa shape index (κ1) is 8.80. The van der Waals surface area contributed by atoms with Gasteiger partial charge >= 0.3 is 0 Å². The predicted octanol–water partition coefficient (Wildman–Crippen LogP) is 1.88. The van der Waals surface area contributed by atoms with Gasteiger partial charge in [0, 0.05) is 16.3 Å². The van der Waals surface area contributed by atoms with Crippen molar-refractivity contribution in [2.45, 2.75) is 37.8 Å². The summed E-state index contributed by atoms with van der Waals surface area (Å²) in [5, 5.41) is 14.0. The van der Waals surface area contributed by atoms with E-state index in [-0.39, 0.29) is 4.92 Å². The maximum absolute atomic E-state index is 10.5. The molecule has 1 fully saturated rings. The molecule has 6 nitrogen and oxygen atoms in total. The second kappa shape index (κ2) is 2.98. The third-order valence-electron chi connectivity index (χ3n) is 2.41. The molecule has 0 heterocycles. The first-order valence-corrected chi connectivity index (χ1v) is 3.80. The molecule has 2 atom stereocenters. The van der Waals surface area contributed by atoms with Gasteiger partial charge in [0.2, 0.25) is 6.04 Å². The van der Waals surface area contributed by atoms with Crippen LogP contribution in [0.2, 0.25) is 0 Å². The summed E-state index contributed by atoms with van der Waals surface area (Å²) in [7, 11) is 0. The molecule has 0 spiro atoms. The summed E-state index contributed by atoms with van der Waals surface area (Å²) >= 11 is 0. The Hall–Kier alpha value is -1.29. The number of azide groups is 1. The second-order valence-corrected chi connectivity index (χ2v) is 3.24. The summed E-state index contributed by atoms with van der Waals surface area (Å²) in [6.45, 7) is 1.65. The first-order chi connectivity index (χ1) is 5.60. The minimum Gasteiger partial charge on any atom is -0.264 e. The minimum absolute atomic E-state index is 0.346. The molecule has 12 heavy (non-hydrogen) atoms. The Kier molecular flexibility index (Phi) is 2.19. The summed E-state index contributed by atoms with van der Waals surface area (Å²) in [5.74, 6) is 0. The van der Waals surface area contributed by atoms with Crippen molar-refractivity contribution in [1.82, 2.24) is 0 Å². The van der Waals surface area contributed by atoms with Crippen molar-refractivity contribution < 1.29 is 4.92 Å². The molecular weight excluding hydrogens is 160 g/mol. The lowest BCUT2D eigenvalue weighted by atomic mass is 9.98. The smallest absolute Gasteiger partial charge is 0.224 e. The van der Waals surface area contributed by atoms with Crippen molar-refractivity contribution in [3.8, 4) is 0 Å². The molecule has 0 bridgehead atoms. The van der Waals surface area contributed by atoms with Crippen LogP contribution in [0.5, 0.6) is 0 Å². The summed E-state index contributed by atoms with van der Waals surface area (Å²) in [6.07, 6.45) is 1.90. The number of nitro groups is 1. The molecule has 0 N–H and O–H groups in total. The van der Waals surface area contributed by atoms with Crippen molar-refractivity contribution in [2.75, 3.05) is 0 Å². The highest BCUT2D eigenvalue weighted by molar-refractivity contribution is 4.96. The zero-order valence-corrected chi connectivity index (χ0v) is 6.80. The van der Waals surface area contributed by atoms with E-state index in [2.05, 4.69) is 10.0 Å². The van der Waals surface area contributed by atoms with Crippen LogP contribution in [-0.2, 0) is 0 Å². The van der Waals surface area contributed by atoms with Gasteiger partial charge in [0.05, 0.1) is 0 Å². The van der Waals surface area contributed by atoms with Crippen LogP contribution in [0.1, 0.15) is 26.2 Å². The van der Waals surface area contributed by atoms with Crippen molar-refractivity contribution in [3.63, 3.8) is 0 Å². The molecule has 0 aromatic heterocycles. The van der Waals surface area contributed by atoms with E-state index in [4.69, 9.17) is 5.53 Å². The molecular formula is C6H10N4O2. The molecule has 6 heteroatoms. The van der Waals surface area contributed by atoms with Crippen LogP contribution in [0.4, 0.5) is 0 Å². The van der Waals surface area contributed by atoms with Gasteiger partial charge in [0.1, 0.15) is 5.54 Å². The zero-order valence-electron chi connectivity index (χ0n) is 6.80. The fourth-order valence-electron chi connectivity index (χ4n) is 1.68. The monoisotopic (exact) mass is 170 g/mol. The third-order valence-corrected chi connectivity index (χ3v) is 2.41. The second-order valence-electron chi connectivity index (χ2n) is 3.24. The van der Waals surface area contributed by atoms with Crippen molar-refractivity contribution in [3.05, 3.63) is 20.6 Å². The molecule has 0 saturated heterocycles. The maximum Gasteiger partial charge on any atom is 0.224 e. The van der Waals surface area contributed by atoms with Crippen LogP contribution in [-0.4, -0.2) is 16.5 Å². The predicted molar refractivity (Wildman–Crippen MR) is 42.2 cm³/mol. The number of hydrogen-bond acceptors (Lipinski definition) is 3. The van der Waals surface area contributed by atoms with Gasteiger partial charge in [-0.25, -0.2) is 0 Å². The summed E-state index contributed by atoms with van der Waals surface area (Å²) in [6, 6.07) is -0.701. The lowest BCUT2D eigenvalue weighted by molar-refractivity contribution is -0.529. The van der Waals surface area contributed by atoms with Crippen molar-refractivity contribution in [2.24, 2.45) is 5.11 Å². The molecule has 1 rings (SSSR count). The lowest BCUT2D eigenvalue weighted by Gasteiger charge is -2.18. The Morgan fingerprint density at radius 1 is 1.83 bits per heavy atom. The Morgan fingerprint density at radius 2 is 2.50 bits per heavy atom. The van der Waals surface area contributed by atoms with Crippen LogP contribution < -0.4 is 0 Å².